The van der Waals surface area contributed by atoms with E-state index in [1.54, 1.807) is 18.4 Å². The van der Waals surface area contributed by atoms with Crippen molar-refractivity contribution in [2.24, 2.45) is 5.73 Å². The van der Waals surface area contributed by atoms with E-state index in [0.29, 0.717) is 0 Å². The summed E-state index contributed by atoms with van der Waals surface area (Å²) >= 11 is 1.70. The number of thiazole rings is 1. The molecule has 2 atom stereocenters. The number of methoxy groups -OCH3 is 1. The SMILES string of the molecule is CCCC(OC)C(N)Cc1nc(C(C)(C)C)cs1. The number of hydrogen-bond donors (Lipinski definition) is 1. The van der Waals surface area contributed by atoms with Crippen LogP contribution in [-0.2, 0) is 16.6 Å². The topological polar surface area (TPSA) is 48.1 Å². The molecule has 4 heteroatoms. The first-order chi connectivity index (χ1) is 8.38. The molecule has 0 saturated heterocycles. The Labute approximate surface area is 115 Å². The summed E-state index contributed by atoms with van der Waals surface area (Å²) in [6.45, 7) is 8.70. The Hall–Kier alpha value is -0.450. The molecular formula is C14H26N2OS. The smallest absolute Gasteiger partial charge is 0.0944 e. The third kappa shape index (κ3) is 4.34. The van der Waals surface area contributed by atoms with Crippen molar-refractivity contribution in [3.8, 4) is 0 Å². The molecule has 0 bridgehead atoms. The molecule has 18 heavy (non-hydrogen) atoms. The first-order valence-electron chi connectivity index (χ1n) is 6.61. The highest BCUT2D eigenvalue weighted by molar-refractivity contribution is 7.09. The van der Waals surface area contributed by atoms with Gasteiger partial charge >= 0.3 is 0 Å². The normalized spacial score (nSPS) is 15.7. The van der Waals surface area contributed by atoms with Crippen LogP contribution in [0.3, 0.4) is 0 Å². The fraction of sp³-hybridized carbons (Fsp3) is 0.786. The molecule has 0 saturated carbocycles. The van der Waals surface area contributed by atoms with Gasteiger partial charge < -0.3 is 10.5 Å². The van der Waals surface area contributed by atoms with E-state index in [1.165, 1.54) is 0 Å². The van der Waals surface area contributed by atoms with Crippen molar-refractivity contribution >= 4 is 11.3 Å². The highest BCUT2D eigenvalue weighted by atomic mass is 32.1. The van der Waals surface area contributed by atoms with Crippen LogP contribution in [0.5, 0.6) is 0 Å². The predicted molar refractivity (Wildman–Crippen MR) is 78.2 cm³/mol. The molecule has 3 nitrogen and oxygen atoms in total. The Morgan fingerprint density at radius 3 is 2.56 bits per heavy atom. The Morgan fingerprint density at radius 2 is 2.11 bits per heavy atom. The summed E-state index contributed by atoms with van der Waals surface area (Å²) in [5, 5.41) is 3.26. The second-order valence-electron chi connectivity index (χ2n) is 5.81. The molecule has 1 rings (SSSR count). The van der Waals surface area contributed by atoms with Gasteiger partial charge in [0.15, 0.2) is 0 Å². The molecule has 0 aliphatic heterocycles. The van der Waals surface area contributed by atoms with E-state index in [2.05, 4.69) is 38.1 Å². The minimum absolute atomic E-state index is 0.0360. The lowest BCUT2D eigenvalue weighted by Crippen LogP contribution is -2.37. The maximum Gasteiger partial charge on any atom is 0.0944 e. The summed E-state index contributed by atoms with van der Waals surface area (Å²) in [4.78, 5) is 4.68. The highest BCUT2D eigenvalue weighted by Crippen LogP contribution is 2.24. The first-order valence-corrected chi connectivity index (χ1v) is 7.49. The average molecular weight is 270 g/mol. The second-order valence-corrected chi connectivity index (χ2v) is 6.75. The van der Waals surface area contributed by atoms with Gasteiger partial charge in [-0.05, 0) is 6.42 Å². The van der Waals surface area contributed by atoms with E-state index < -0.39 is 0 Å². The summed E-state index contributed by atoms with van der Waals surface area (Å²) in [6, 6.07) is 0.0360. The Morgan fingerprint density at radius 1 is 1.44 bits per heavy atom. The van der Waals surface area contributed by atoms with Crippen LogP contribution in [0.2, 0.25) is 0 Å². The minimum Gasteiger partial charge on any atom is -0.380 e. The van der Waals surface area contributed by atoms with Gasteiger partial charge in [0.2, 0.25) is 0 Å². The Balaban J connectivity index is 2.64. The molecule has 104 valence electrons. The van der Waals surface area contributed by atoms with E-state index in [9.17, 15) is 0 Å². The van der Waals surface area contributed by atoms with Crippen LogP contribution in [0.15, 0.2) is 5.38 Å². The monoisotopic (exact) mass is 270 g/mol. The second kappa shape index (κ2) is 6.64. The van der Waals surface area contributed by atoms with Crippen LogP contribution in [0, 0.1) is 0 Å². The summed E-state index contributed by atoms with van der Waals surface area (Å²) in [6.07, 6.45) is 3.04. The Kier molecular flexibility index (Phi) is 5.76. The average Bonchev–Trinajstić information content (AvgIpc) is 2.73. The molecule has 0 radical (unpaired) electrons. The number of nitrogens with two attached hydrogens (primary N) is 1. The van der Waals surface area contributed by atoms with Crippen LogP contribution in [0.1, 0.15) is 51.2 Å². The largest absolute Gasteiger partial charge is 0.380 e. The lowest BCUT2D eigenvalue weighted by Gasteiger charge is -2.21. The van der Waals surface area contributed by atoms with Gasteiger partial charge in [0.05, 0.1) is 16.8 Å². The first kappa shape index (κ1) is 15.6. The molecule has 0 aliphatic carbocycles. The van der Waals surface area contributed by atoms with Crippen molar-refractivity contribution in [3.05, 3.63) is 16.1 Å². The molecule has 2 N–H and O–H groups in total. The number of nitrogens with zero attached hydrogens (tertiary/aromatic N) is 1. The number of hydrogen-bond acceptors (Lipinski definition) is 4. The fourth-order valence-electron chi connectivity index (χ4n) is 1.87. The predicted octanol–water partition coefficient (Wildman–Crippen LogP) is 3.13. The molecule has 1 aromatic rings. The third-order valence-corrected chi connectivity index (χ3v) is 3.96. The van der Waals surface area contributed by atoms with Crippen molar-refractivity contribution < 1.29 is 4.74 Å². The fourth-order valence-corrected chi connectivity index (χ4v) is 2.97. The number of aromatic nitrogens is 1. The van der Waals surface area contributed by atoms with Crippen LogP contribution in [-0.4, -0.2) is 24.2 Å². The summed E-state index contributed by atoms with van der Waals surface area (Å²) in [5.74, 6) is 0. The molecule has 2 unspecified atom stereocenters. The van der Waals surface area contributed by atoms with Crippen LogP contribution in [0.4, 0.5) is 0 Å². The van der Waals surface area contributed by atoms with Gasteiger partial charge in [-0.1, -0.05) is 34.1 Å². The number of ether oxygens (including phenoxy) is 1. The van der Waals surface area contributed by atoms with E-state index in [-0.39, 0.29) is 17.6 Å². The van der Waals surface area contributed by atoms with Crippen molar-refractivity contribution in [1.82, 2.24) is 4.98 Å². The molecule has 0 fully saturated rings. The molecule has 1 aromatic heterocycles. The van der Waals surface area contributed by atoms with Gasteiger partial charge in [0.25, 0.3) is 0 Å². The minimum atomic E-state index is 0.0360. The molecule has 0 aliphatic rings. The van der Waals surface area contributed by atoms with Crippen molar-refractivity contribution in [2.75, 3.05) is 7.11 Å². The van der Waals surface area contributed by atoms with Gasteiger partial charge in [0, 0.05) is 30.4 Å². The van der Waals surface area contributed by atoms with Gasteiger partial charge in [0.1, 0.15) is 0 Å². The van der Waals surface area contributed by atoms with Crippen molar-refractivity contribution in [1.29, 1.82) is 0 Å². The van der Waals surface area contributed by atoms with Crippen molar-refractivity contribution in [2.45, 2.75) is 64.5 Å². The standard InChI is InChI=1S/C14H26N2OS/c1-6-7-11(17-5)10(15)8-13-16-12(9-18-13)14(2,3)4/h9-11H,6-8,15H2,1-5H3. The third-order valence-electron chi connectivity index (χ3n) is 3.08. The van der Waals surface area contributed by atoms with E-state index in [0.717, 1.165) is 30.0 Å². The molecule has 0 amide bonds. The van der Waals surface area contributed by atoms with Gasteiger partial charge in [-0.3, -0.25) is 0 Å². The lowest BCUT2D eigenvalue weighted by atomic mass is 9.93. The highest BCUT2D eigenvalue weighted by Gasteiger charge is 2.21. The lowest BCUT2D eigenvalue weighted by molar-refractivity contribution is 0.0726. The quantitative estimate of drug-likeness (QED) is 0.864. The summed E-state index contributed by atoms with van der Waals surface area (Å²) < 4.78 is 5.45. The number of rotatable bonds is 6. The summed E-state index contributed by atoms with van der Waals surface area (Å²) in [7, 11) is 1.74. The van der Waals surface area contributed by atoms with Gasteiger partial charge in [-0.15, -0.1) is 11.3 Å². The molecular weight excluding hydrogens is 244 g/mol. The maximum atomic E-state index is 6.21. The van der Waals surface area contributed by atoms with Crippen molar-refractivity contribution in [3.63, 3.8) is 0 Å². The van der Waals surface area contributed by atoms with E-state index in [4.69, 9.17) is 10.5 Å². The van der Waals surface area contributed by atoms with Crippen LogP contribution < -0.4 is 5.73 Å². The van der Waals surface area contributed by atoms with E-state index in [1.807, 2.05) is 0 Å². The van der Waals surface area contributed by atoms with E-state index >= 15 is 0 Å². The zero-order valence-electron chi connectivity index (χ0n) is 12.2. The van der Waals surface area contributed by atoms with Crippen LogP contribution in [0.25, 0.3) is 0 Å². The molecule has 0 aromatic carbocycles. The zero-order chi connectivity index (χ0) is 13.8. The zero-order valence-corrected chi connectivity index (χ0v) is 13.0. The Bertz CT molecular complexity index is 357. The summed E-state index contributed by atoms with van der Waals surface area (Å²) in [5.41, 5.74) is 7.47. The van der Waals surface area contributed by atoms with Gasteiger partial charge in [-0.2, -0.15) is 0 Å². The maximum absolute atomic E-state index is 6.21. The van der Waals surface area contributed by atoms with Crippen LogP contribution >= 0.6 is 11.3 Å². The molecule has 1 heterocycles. The molecule has 0 spiro atoms. The van der Waals surface area contributed by atoms with Gasteiger partial charge in [-0.25, -0.2) is 4.98 Å².